The summed E-state index contributed by atoms with van der Waals surface area (Å²) in [6.07, 6.45) is 0. The number of hydrogen-bond acceptors (Lipinski definition) is 4. The molecule has 58 heavy (non-hydrogen) atoms. The van der Waals surface area contributed by atoms with E-state index >= 15 is 0 Å². The number of nitrogens with zero attached hydrogens (tertiary/aromatic N) is 5. The number of para-hydroxylation sites is 4. The lowest BCUT2D eigenvalue weighted by Gasteiger charge is -2.18. The highest BCUT2D eigenvalue weighted by Gasteiger charge is 2.25. The van der Waals surface area contributed by atoms with E-state index < -0.39 is 0 Å². The second-order valence-electron chi connectivity index (χ2n) is 14.5. The summed E-state index contributed by atoms with van der Waals surface area (Å²) in [5.41, 5.74) is 10.4. The maximum absolute atomic E-state index is 11.0. The van der Waals surface area contributed by atoms with Gasteiger partial charge >= 0.3 is 0 Å². The second kappa shape index (κ2) is 11.7. The zero-order valence-electron chi connectivity index (χ0n) is 30.5. The lowest BCUT2D eigenvalue weighted by atomic mass is 9.93. The van der Waals surface area contributed by atoms with E-state index in [2.05, 4.69) is 74.6 Å². The fourth-order valence-electron chi connectivity index (χ4n) is 9.25. The molecule has 0 aliphatic rings. The molecule has 4 heterocycles. The third-order valence-electron chi connectivity index (χ3n) is 11.6. The van der Waals surface area contributed by atoms with Crippen molar-refractivity contribution in [2.24, 2.45) is 0 Å². The first kappa shape index (κ1) is 31.7. The van der Waals surface area contributed by atoms with Crippen LogP contribution in [-0.2, 0) is 0 Å². The Labute approximate surface area is 329 Å². The van der Waals surface area contributed by atoms with Gasteiger partial charge < -0.3 is 18.0 Å². The van der Waals surface area contributed by atoms with Gasteiger partial charge in [-0.15, -0.1) is 0 Å². The molecule has 0 aliphatic carbocycles. The van der Waals surface area contributed by atoms with Crippen molar-refractivity contribution in [3.8, 4) is 34.6 Å². The van der Waals surface area contributed by atoms with Gasteiger partial charge in [-0.1, -0.05) is 78.9 Å². The van der Waals surface area contributed by atoms with Gasteiger partial charge in [-0.2, -0.15) is 10.5 Å². The minimum atomic E-state index is 0.298. The first-order valence-electron chi connectivity index (χ1n) is 18.8. The van der Waals surface area contributed by atoms with Crippen molar-refractivity contribution < 1.29 is 8.83 Å². The van der Waals surface area contributed by atoms with Crippen molar-refractivity contribution in [1.29, 1.82) is 10.5 Å². The van der Waals surface area contributed by atoms with E-state index in [4.69, 9.17) is 15.4 Å². The Hall–Kier alpha value is -8.57. The van der Waals surface area contributed by atoms with E-state index in [1.807, 2.05) is 97.1 Å². The van der Waals surface area contributed by atoms with Crippen LogP contribution in [0.5, 0.6) is 0 Å². The van der Waals surface area contributed by atoms with Crippen molar-refractivity contribution in [1.82, 2.24) is 9.13 Å². The van der Waals surface area contributed by atoms with Crippen LogP contribution in [-0.4, -0.2) is 9.13 Å². The van der Waals surface area contributed by atoms with Crippen LogP contribution in [0, 0.1) is 29.2 Å². The molecule has 0 fully saturated rings. The summed E-state index contributed by atoms with van der Waals surface area (Å²) in [7, 11) is 0. The number of rotatable bonds is 3. The molecule has 0 bridgehead atoms. The monoisotopic (exact) mass is 739 g/mol. The summed E-state index contributed by atoms with van der Waals surface area (Å²) >= 11 is 0. The standard InChI is InChI=1S/C51H25N5O2/c1-54-31-24-30(28-53)47(42(26-31)56-41-15-7-3-11-35(41)37-21-23-46-49(51(37)56)39-13-5-9-17-44(39)58-46)33-19-18-32(25-29(33)27-52)55-40-14-6-2-10-34(40)36-20-22-45-48(50(36)55)38-12-4-8-16-43(38)57-45/h2-26H. The molecular weight excluding hydrogens is 715 g/mol. The van der Waals surface area contributed by atoms with Gasteiger partial charge in [0.25, 0.3) is 0 Å². The third-order valence-corrected chi connectivity index (χ3v) is 11.6. The maximum Gasteiger partial charge on any atom is 0.190 e. The van der Waals surface area contributed by atoms with E-state index in [0.717, 1.165) is 93.2 Å². The minimum Gasteiger partial charge on any atom is -0.456 e. The summed E-state index contributed by atoms with van der Waals surface area (Å²) in [6.45, 7) is 8.10. The Morgan fingerprint density at radius 3 is 1.60 bits per heavy atom. The van der Waals surface area contributed by atoms with Crippen LogP contribution in [0.2, 0.25) is 0 Å². The molecule has 0 unspecified atom stereocenters. The number of nitriles is 2. The van der Waals surface area contributed by atoms with Crippen LogP contribution in [0.15, 0.2) is 160 Å². The number of fused-ring (bicyclic) bond motifs is 14. The largest absolute Gasteiger partial charge is 0.456 e. The molecule has 0 atom stereocenters. The molecule has 8 aromatic carbocycles. The van der Waals surface area contributed by atoms with Crippen molar-refractivity contribution >= 4 is 93.2 Å². The van der Waals surface area contributed by atoms with Gasteiger partial charge in [0.15, 0.2) is 5.69 Å². The quantitative estimate of drug-likeness (QED) is 0.169. The molecule has 4 aromatic heterocycles. The molecule has 0 radical (unpaired) electrons. The second-order valence-corrected chi connectivity index (χ2v) is 14.5. The third kappa shape index (κ3) is 4.18. The molecule has 266 valence electrons. The average molecular weight is 740 g/mol. The van der Waals surface area contributed by atoms with Crippen molar-refractivity contribution in [2.45, 2.75) is 0 Å². The molecule has 0 spiro atoms. The predicted molar refractivity (Wildman–Crippen MR) is 231 cm³/mol. The molecule has 0 saturated heterocycles. The van der Waals surface area contributed by atoms with Gasteiger partial charge in [0.05, 0.1) is 62.7 Å². The van der Waals surface area contributed by atoms with E-state index in [-0.39, 0.29) is 0 Å². The van der Waals surface area contributed by atoms with Gasteiger partial charge in [0.2, 0.25) is 0 Å². The van der Waals surface area contributed by atoms with Gasteiger partial charge in [0.1, 0.15) is 22.3 Å². The topological polar surface area (TPSA) is 88.1 Å². The Morgan fingerprint density at radius 2 is 1.02 bits per heavy atom. The lowest BCUT2D eigenvalue weighted by molar-refractivity contribution is 0.669. The van der Waals surface area contributed by atoms with Gasteiger partial charge in [-0.05, 0) is 72.8 Å². The molecule has 7 nitrogen and oxygen atoms in total. The Kier molecular flexibility index (Phi) is 6.41. The SMILES string of the molecule is [C-]#[N+]c1cc(C#N)c(-c2ccc(-n3c4ccccc4c4ccc5oc6ccccc6c5c43)cc2C#N)c(-n2c3ccccc3c3ccc4oc5ccccc5c4c32)c1. The summed E-state index contributed by atoms with van der Waals surface area (Å²) < 4.78 is 17.1. The first-order chi connectivity index (χ1) is 28.6. The van der Waals surface area contributed by atoms with E-state index in [1.54, 1.807) is 6.07 Å². The number of hydrogen-bond donors (Lipinski definition) is 0. The van der Waals surface area contributed by atoms with Crippen LogP contribution in [0.3, 0.4) is 0 Å². The highest BCUT2D eigenvalue weighted by Crippen LogP contribution is 2.46. The van der Waals surface area contributed by atoms with Crippen LogP contribution >= 0.6 is 0 Å². The van der Waals surface area contributed by atoms with Gasteiger partial charge in [-0.25, -0.2) is 4.85 Å². The smallest absolute Gasteiger partial charge is 0.190 e. The summed E-state index contributed by atoms with van der Waals surface area (Å²) in [5, 5.41) is 30.0. The van der Waals surface area contributed by atoms with Crippen molar-refractivity contribution in [3.05, 3.63) is 174 Å². The van der Waals surface area contributed by atoms with Crippen molar-refractivity contribution in [2.75, 3.05) is 0 Å². The van der Waals surface area contributed by atoms with Crippen LogP contribution in [0.1, 0.15) is 11.1 Å². The molecule has 12 rings (SSSR count). The molecular formula is C51H25N5O2. The van der Waals surface area contributed by atoms with Crippen LogP contribution in [0.4, 0.5) is 5.69 Å². The fraction of sp³-hybridized carbons (Fsp3) is 0. The number of aromatic nitrogens is 2. The molecule has 12 aromatic rings. The fourth-order valence-corrected chi connectivity index (χ4v) is 9.25. The lowest BCUT2D eigenvalue weighted by Crippen LogP contribution is -2.02. The van der Waals surface area contributed by atoms with E-state index in [0.29, 0.717) is 33.6 Å². The summed E-state index contributed by atoms with van der Waals surface area (Å²) in [6, 6.07) is 54.9. The maximum atomic E-state index is 11.0. The van der Waals surface area contributed by atoms with Gasteiger partial charge in [0, 0.05) is 54.8 Å². The Balaban J connectivity index is 1.19. The van der Waals surface area contributed by atoms with E-state index in [9.17, 15) is 10.5 Å². The molecule has 0 amide bonds. The molecule has 0 aliphatic heterocycles. The molecule has 0 N–H and O–H groups in total. The summed E-state index contributed by atoms with van der Waals surface area (Å²) in [5.74, 6) is 0. The number of benzene rings is 8. The first-order valence-corrected chi connectivity index (χ1v) is 18.8. The molecule has 0 saturated carbocycles. The zero-order valence-corrected chi connectivity index (χ0v) is 30.5. The summed E-state index contributed by atoms with van der Waals surface area (Å²) in [4.78, 5) is 3.83. The average Bonchev–Trinajstić information content (AvgIpc) is 4.03. The highest BCUT2D eigenvalue weighted by molar-refractivity contribution is 6.26. The Morgan fingerprint density at radius 1 is 0.483 bits per heavy atom. The molecule has 7 heteroatoms. The minimum absolute atomic E-state index is 0.298. The van der Waals surface area contributed by atoms with Crippen LogP contribution < -0.4 is 0 Å². The van der Waals surface area contributed by atoms with Crippen molar-refractivity contribution in [3.63, 3.8) is 0 Å². The zero-order chi connectivity index (χ0) is 38.6. The Bertz CT molecular complexity index is 3910. The predicted octanol–water partition coefficient (Wildman–Crippen LogP) is 13.6. The van der Waals surface area contributed by atoms with Gasteiger partial charge in [-0.3, -0.25) is 0 Å². The normalized spacial score (nSPS) is 11.7. The van der Waals surface area contributed by atoms with E-state index in [1.165, 1.54) is 0 Å². The highest BCUT2D eigenvalue weighted by atomic mass is 16.3. The number of furan rings is 2. The van der Waals surface area contributed by atoms with Crippen LogP contribution in [0.25, 0.3) is 115 Å².